The second-order valence-electron chi connectivity index (χ2n) is 4.45. The van der Waals surface area contributed by atoms with E-state index in [0.29, 0.717) is 16.6 Å². The molecule has 0 aliphatic heterocycles. The van der Waals surface area contributed by atoms with Gasteiger partial charge in [0.25, 0.3) is 0 Å². The van der Waals surface area contributed by atoms with Gasteiger partial charge in [-0.25, -0.2) is 4.79 Å². The third-order valence-corrected chi connectivity index (χ3v) is 3.02. The van der Waals surface area contributed by atoms with Crippen LogP contribution in [0.4, 0.5) is 13.2 Å². The molecule has 0 atom stereocenters. The van der Waals surface area contributed by atoms with E-state index in [9.17, 15) is 18.0 Å². The number of hydrogen-bond acceptors (Lipinski definition) is 3. The Kier molecular flexibility index (Phi) is 2.57. The maximum atomic E-state index is 12.7. The van der Waals surface area contributed by atoms with Crippen LogP contribution in [0.15, 0.2) is 39.5 Å². The average Bonchev–Trinajstić information content (AvgIpc) is 2.37. The van der Waals surface area contributed by atoms with Crippen molar-refractivity contribution in [1.29, 1.82) is 0 Å². The predicted molar refractivity (Wildman–Crippen MR) is 67.5 cm³/mol. The normalized spacial score (nSPS) is 12.2. The Hall–Kier alpha value is -2.37. The van der Waals surface area contributed by atoms with E-state index in [2.05, 4.69) is 4.98 Å². The van der Waals surface area contributed by atoms with Gasteiger partial charge in [0, 0.05) is 11.1 Å². The summed E-state index contributed by atoms with van der Waals surface area (Å²) >= 11 is 0. The van der Waals surface area contributed by atoms with Crippen molar-refractivity contribution in [3.05, 3.63) is 52.0 Å². The molecule has 0 N–H and O–H groups in total. The van der Waals surface area contributed by atoms with Crippen LogP contribution in [0.5, 0.6) is 0 Å². The summed E-state index contributed by atoms with van der Waals surface area (Å²) in [7, 11) is 0. The highest BCUT2D eigenvalue weighted by atomic mass is 19.4. The van der Waals surface area contributed by atoms with E-state index in [0.717, 1.165) is 12.1 Å². The summed E-state index contributed by atoms with van der Waals surface area (Å²) in [5.41, 5.74) is -0.649. The fourth-order valence-corrected chi connectivity index (χ4v) is 2.06. The van der Waals surface area contributed by atoms with Crippen LogP contribution in [0, 0.1) is 6.92 Å². The van der Waals surface area contributed by atoms with E-state index < -0.39 is 17.4 Å². The number of aromatic nitrogens is 1. The quantitative estimate of drug-likeness (QED) is 0.466. The Bertz CT molecular complexity index is 881. The van der Waals surface area contributed by atoms with Gasteiger partial charge in [0.15, 0.2) is 0 Å². The van der Waals surface area contributed by atoms with Crippen molar-refractivity contribution in [2.45, 2.75) is 13.1 Å². The highest BCUT2D eigenvalue weighted by Gasteiger charge is 2.31. The first-order chi connectivity index (χ1) is 9.36. The zero-order valence-electron chi connectivity index (χ0n) is 10.3. The summed E-state index contributed by atoms with van der Waals surface area (Å²) < 4.78 is 42.9. The molecule has 2 heterocycles. The van der Waals surface area contributed by atoms with Crippen LogP contribution in [0.25, 0.3) is 21.9 Å². The summed E-state index contributed by atoms with van der Waals surface area (Å²) in [6.45, 7) is 1.74. The van der Waals surface area contributed by atoms with Crippen LogP contribution >= 0.6 is 0 Å². The van der Waals surface area contributed by atoms with Gasteiger partial charge in [-0.15, -0.1) is 0 Å². The van der Waals surface area contributed by atoms with Gasteiger partial charge in [-0.2, -0.15) is 13.2 Å². The summed E-state index contributed by atoms with van der Waals surface area (Å²) in [6, 6.07) is 6.25. The topological polar surface area (TPSA) is 43.1 Å². The van der Waals surface area contributed by atoms with Crippen LogP contribution in [0.1, 0.15) is 11.3 Å². The molecule has 1 aromatic carbocycles. The smallest absolute Gasteiger partial charge is 0.416 e. The number of alkyl halides is 3. The van der Waals surface area contributed by atoms with Crippen molar-refractivity contribution in [3.8, 4) is 0 Å². The van der Waals surface area contributed by atoms with Crippen LogP contribution in [0.2, 0.25) is 0 Å². The molecule has 0 unspecified atom stereocenters. The van der Waals surface area contributed by atoms with Crippen molar-refractivity contribution in [1.82, 2.24) is 4.98 Å². The Morgan fingerprint density at radius 3 is 2.50 bits per heavy atom. The molecule has 0 radical (unpaired) electrons. The summed E-state index contributed by atoms with van der Waals surface area (Å²) in [5.74, 6) is 0. The number of aryl methyl sites for hydroxylation is 1. The number of fused-ring (bicyclic) bond motifs is 3. The van der Waals surface area contributed by atoms with Crippen molar-refractivity contribution < 1.29 is 17.6 Å². The van der Waals surface area contributed by atoms with Crippen molar-refractivity contribution >= 4 is 21.9 Å². The molecular weight excluding hydrogens is 271 g/mol. The second-order valence-corrected chi connectivity index (χ2v) is 4.45. The predicted octanol–water partition coefficient (Wildman–Crippen LogP) is 3.67. The lowest BCUT2D eigenvalue weighted by Gasteiger charge is -2.08. The van der Waals surface area contributed by atoms with E-state index in [1.807, 2.05) is 0 Å². The van der Waals surface area contributed by atoms with Gasteiger partial charge in [-0.05, 0) is 37.3 Å². The zero-order chi connectivity index (χ0) is 14.5. The zero-order valence-corrected chi connectivity index (χ0v) is 10.3. The molecule has 2 aromatic heterocycles. The molecule has 0 aliphatic rings. The lowest BCUT2D eigenvalue weighted by Crippen LogP contribution is -2.06. The largest absolute Gasteiger partial charge is 0.422 e. The van der Waals surface area contributed by atoms with E-state index in [4.69, 9.17) is 4.42 Å². The monoisotopic (exact) mass is 279 g/mol. The molecule has 0 amide bonds. The highest BCUT2D eigenvalue weighted by Crippen LogP contribution is 2.32. The van der Waals surface area contributed by atoms with Crippen LogP contribution in [0.3, 0.4) is 0 Å². The first-order valence-corrected chi connectivity index (χ1v) is 5.78. The highest BCUT2D eigenvalue weighted by molar-refractivity contribution is 6.01. The maximum absolute atomic E-state index is 12.7. The van der Waals surface area contributed by atoms with Gasteiger partial charge >= 0.3 is 11.8 Å². The van der Waals surface area contributed by atoms with E-state index >= 15 is 0 Å². The average molecular weight is 279 g/mol. The first-order valence-electron chi connectivity index (χ1n) is 5.78. The molecule has 0 fully saturated rings. The second kappa shape index (κ2) is 4.06. The molecule has 0 aliphatic carbocycles. The third-order valence-electron chi connectivity index (χ3n) is 3.02. The van der Waals surface area contributed by atoms with E-state index in [-0.39, 0.29) is 11.0 Å². The molecule has 3 nitrogen and oxygen atoms in total. The van der Waals surface area contributed by atoms with Crippen LogP contribution in [-0.4, -0.2) is 4.98 Å². The summed E-state index contributed by atoms with van der Waals surface area (Å²) in [4.78, 5) is 16.0. The van der Waals surface area contributed by atoms with Gasteiger partial charge < -0.3 is 4.42 Å². The van der Waals surface area contributed by atoms with Gasteiger partial charge in [-0.3, -0.25) is 4.98 Å². The molecule has 102 valence electrons. The minimum atomic E-state index is -4.48. The SMILES string of the molecule is Cc1ccc2c(=O)oc3cc(C(F)(F)F)ccc3c2n1. The van der Waals surface area contributed by atoms with E-state index in [1.54, 1.807) is 19.1 Å². The molecule has 20 heavy (non-hydrogen) atoms. The van der Waals surface area contributed by atoms with Crippen molar-refractivity contribution in [2.24, 2.45) is 0 Å². The number of nitrogens with zero attached hydrogens (tertiary/aromatic N) is 1. The van der Waals surface area contributed by atoms with Crippen molar-refractivity contribution in [3.63, 3.8) is 0 Å². The molecule has 0 saturated carbocycles. The molecule has 0 spiro atoms. The number of halogens is 3. The number of benzene rings is 1. The van der Waals surface area contributed by atoms with Gasteiger partial charge in [-0.1, -0.05) is 0 Å². The number of pyridine rings is 1. The lowest BCUT2D eigenvalue weighted by molar-refractivity contribution is -0.137. The maximum Gasteiger partial charge on any atom is 0.416 e. The van der Waals surface area contributed by atoms with Crippen LogP contribution < -0.4 is 5.63 Å². The summed E-state index contributed by atoms with van der Waals surface area (Å²) in [6.07, 6.45) is -4.48. The standard InChI is InChI=1S/C14H8F3NO2/c1-7-2-4-10-12(18-7)9-5-3-8(14(15,16)17)6-11(9)20-13(10)19/h2-6H,1H3. The van der Waals surface area contributed by atoms with E-state index in [1.165, 1.54) is 6.07 Å². The molecule has 6 heteroatoms. The molecule has 3 aromatic rings. The Balaban J connectivity index is 2.44. The fourth-order valence-electron chi connectivity index (χ4n) is 2.06. The van der Waals surface area contributed by atoms with Gasteiger partial charge in [0.05, 0.1) is 16.5 Å². The number of rotatable bonds is 0. The molecule has 0 saturated heterocycles. The molecule has 3 rings (SSSR count). The molecular formula is C14H8F3NO2. The van der Waals surface area contributed by atoms with Crippen LogP contribution in [-0.2, 0) is 6.18 Å². The summed E-state index contributed by atoms with van der Waals surface area (Å²) in [5, 5.41) is 0.638. The number of hydrogen-bond donors (Lipinski definition) is 0. The minimum absolute atomic E-state index is 0.115. The lowest BCUT2D eigenvalue weighted by atomic mass is 10.1. The Morgan fingerprint density at radius 1 is 1.10 bits per heavy atom. The Morgan fingerprint density at radius 2 is 1.80 bits per heavy atom. The van der Waals surface area contributed by atoms with Crippen molar-refractivity contribution in [2.75, 3.05) is 0 Å². The van der Waals surface area contributed by atoms with Gasteiger partial charge in [0.2, 0.25) is 0 Å². The van der Waals surface area contributed by atoms with Gasteiger partial charge in [0.1, 0.15) is 5.58 Å². The molecule has 0 bridgehead atoms. The first kappa shape index (κ1) is 12.7. The minimum Gasteiger partial charge on any atom is -0.422 e. The third kappa shape index (κ3) is 1.93. The Labute approximate surface area is 110 Å². The fraction of sp³-hybridized carbons (Fsp3) is 0.143.